The molecule has 6 heteroatoms. The number of alkyl halides is 3. The lowest BCUT2D eigenvalue weighted by Gasteiger charge is -2.28. The highest BCUT2D eigenvalue weighted by Gasteiger charge is 2.27. The van der Waals surface area contributed by atoms with Crippen molar-refractivity contribution in [3.63, 3.8) is 0 Å². The topological polar surface area (TPSA) is 24.5 Å². The summed E-state index contributed by atoms with van der Waals surface area (Å²) in [6, 6.07) is 0. The monoisotopic (exact) mass is 256 g/mol. The first-order valence-electron chi connectivity index (χ1n) is 5.62. The molecule has 0 aliphatic rings. The Labute approximate surface area is 101 Å². The fourth-order valence-electron chi connectivity index (χ4n) is 1.67. The highest BCUT2D eigenvalue weighted by Crippen LogP contribution is 2.15. The van der Waals surface area contributed by atoms with Crippen molar-refractivity contribution in [2.75, 3.05) is 46.9 Å². The van der Waals surface area contributed by atoms with E-state index in [9.17, 15) is 13.2 Å². The molecule has 0 aromatic carbocycles. The molecule has 104 valence electrons. The van der Waals surface area contributed by atoms with E-state index in [1.165, 1.54) is 0 Å². The van der Waals surface area contributed by atoms with Gasteiger partial charge in [-0.1, -0.05) is 13.8 Å². The Balaban J connectivity index is 3.51. The lowest BCUT2D eigenvalue weighted by atomic mass is 9.93. The van der Waals surface area contributed by atoms with Crippen molar-refractivity contribution in [3.05, 3.63) is 0 Å². The van der Waals surface area contributed by atoms with Gasteiger partial charge in [-0.15, -0.1) is 0 Å². The Morgan fingerprint density at radius 1 is 1.18 bits per heavy atom. The van der Waals surface area contributed by atoms with Crippen LogP contribution in [0, 0.1) is 5.41 Å². The lowest BCUT2D eigenvalue weighted by molar-refractivity contribution is -0.173. The summed E-state index contributed by atoms with van der Waals surface area (Å²) >= 11 is 0. The fourth-order valence-corrected chi connectivity index (χ4v) is 1.67. The maximum Gasteiger partial charge on any atom is 0.411 e. The zero-order valence-electron chi connectivity index (χ0n) is 11.0. The van der Waals surface area contributed by atoms with Gasteiger partial charge in [0.05, 0.1) is 6.61 Å². The summed E-state index contributed by atoms with van der Waals surface area (Å²) in [7, 11) is 3.99. The summed E-state index contributed by atoms with van der Waals surface area (Å²) in [5.41, 5.74) is 0.0908. The van der Waals surface area contributed by atoms with E-state index in [2.05, 4.69) is 28.8 Å². The summed E-state index contributed by atoms with van der Waals surface area (Å²) in [6.45, 7) is 5.23. The molecule has 0 spiro atoms. The molecule has 0 saturated heterocycles. The molecule has 1 N–H and O–H groups in total. The minimum absolute atomic E-state index is 0.0809. The zero-order valence-corrected chi connectivity index (χ0v) is 11.0. The molecular formula is C11H23F3N2O. The summed E-state index contributed by atoms with van der Waals surface area (Å²) < 4.78 is 39.7. The van der Waals surface area contributed by atoms with Gasteiger partial charge in [0.25, 0.3) is 0 Å². The van der Waals surface area contributed by atoms with Crippen molar-refractivity contribution >= 4 is 0 Å². The number of halogens is 3. The van der Waals surface area contributed by atoms with Gasteiger partial charge in [0.1, 0.15) is 6.61 Å². The second kappa shape index (κ2) is 7.18. The molecule has 3 nitrogen and oxygen atoms in total. The second-order valence-electron chi connectivity index (χ2n) is 5.25. The van der Waals surface area contributed by atoms with Crippen molar-refractivity contribution in [1.29, 1.82) is 0 Å². The highest BCUT2D eigenvalue weighted by atomic mass is 19.4. The molecule has 0 bridgehead atoms. The predicted molar refractivity (Wildman–Crippen MR) is 62.1 cm³/mol. The van der Waals surface area contributed by atoms with E-state index in [1.807, 2.05) is 14.1 Å². The van der Waals surface area contributed by atoms with E-state index >= 15 is 0 Å². The van der Waals surface area contributed by atoms with Crippen LogP contribution in [0.15, 0.2) is 0 Å². The Morgan fingerprint density at radius 2 is 1.76 bits per heavy atom. The van der Waals surface area contributed by atoms with Gasteiger partial charge >= 0.3 is 6.18 Å². The lowest BCUT2D eigenvalue weighted by Crippen LogP contribution is -2.38. The number of rotatable bonds is 8. The minimum Gasteiger partial charge on any atom is -0.371 e. The number of ether oxygens (including phenoxy) is 1. The summed E-state index contributed by atoms with van der Waals surface area (Å²) in [5.74, 6) is 0. The Bertz CT molecular complexity index is 205. The molecule has 0 saturated carbocycles. The van der Waals surface area contributed by atoms with Gasteiger partial charge in [-0.05, 0) is 19.5 Å². The van der Waals surface area contributed by atoms with Crippen LogP contribution in [0.1, 0.15) is 13.8 Å². The minimum atomic E-state index is -4.23. The van der Waals surface area contributed by atoms with Crippen molar-refractivity contribution in [2.45, 2.75) is 20.0 Å². The Hall–Kier alpha value is -0.330. The SMILES string of the molecule is CN(C)CC(C)(C)CNCCOCC(F)(F)F. The van der Waals surface area contributed by atoms with E-state index in [1.54, 1.807) is 0 Å². The van der Waals surface area contributed by atoms with Crippen molar-refractivity contribution in [2.24, 2.45) is 5.41 Å². The average molecular weight is 256 g/mol. The first-order chi connectivity index (χ1) is 7.62. The molecule has 0 aromatic rings. The molecule has 0 aliphatic carbocycles. The zero-order chi connectivity index (χ0) is 13.5. The van der Waals surface area contributed by atoms with E-state index in [4.69, 9.17) is 0 Å². The largest absolute Gasteiger partial charge is 0.411 e. The van der Waals surface area contributed by atoms with E-state index in [0.29, 0.717) is 6.54 Å². The molecule has 0 amide bonds. The number of hydrogen-bond acceptors (Lipinski definition) is 3. The molecule has 17 heavy (non-hydrogen) atoms. The molecule has 0 unspecified atom stereocenters. The van der Waals surface area contributed by atoms with Crippen LogP contribution in [0.4, 0.5) is 13.2 Å². The van der Waals surface area contributed by atoms with Crippen molar-refractivity contribution in [3.8, 4) is 0 Å². The van der Waals surface area contributed by atoms with Crippen molar-refractivity contribution < 1.29 is 17.9 Å². The molecule has 0 radical (unpaired) electrons. The fraction of sp³-hybridized carbons (Fsp3) is 1.00. The van der Waals surface area contributed by atoms with Crippen LogP contribution in [0.25, 0.3) is 0 Å². The predicted octanol–water partition coefficient (Wildman–Crippen LogP) is 1.74. The normalized spacial score (nSPS) is 13.4. The van der Waals surface area contributed by atoms with Crippen LogP contribution in [0.3, 0.4) is 0 Å². The standard InChI is InChI=1S/C11H23F3N2O/c1-10(2,8-16(3)4)7-15-5-6-17-9-11(12,13)14/h15H,5-9H2,1-4H3. The quantitative estimate of drug-likeness (QED) is 0.670. The highest BCUT2D eigenvalue weighted by molar-refractivity contribution is 4.73. The molecule has 0 aliphatic heterocycles. The molecule has 0 rings (SSSR count). The summed E-state index contributed by atoms with van der Waals surface area (Å²) in [6.07, 6.45) is -4.23. The molecule has 0 heterocycles. The van der Waals surface area contributed by atoms with Crippen LogP contribution in [0.2, 0.25) is 0 Å². The first kappa shape index (κ1) is 16.7. The Morgan fingerprint density at radius 3 is 2.24 bits per heavy atom. The number of nitrogens with one attached hydrogen (secondary N) is 1. The van der Waals surface area contributed by atoms with Crippen LogP contribution < -0.4 is 5.32 Å². The smallest absolute Gasteiger partial charge is 0.371 e. The second-order valence-corrected chi connectivity index (χ2v) is 5.25. The molecular weight excluding hydrogens is 233 g/mol. The van der Waals surface area contributed by atoms with Crippen LogP contribution in [-0.4, -0.2) is 58.0 Å². The summed E-state index contributed by atoms with van der Waals surface area (Å²) in [5, 5.41) is 3.10. The van der Waals surface area contributed by atoms with E-state index < -0.39 is 12.8 Å². The van der Waals surface area contributed by atoms with Gasteiger partial charge in [-0.25, -0.2) is 0 Å². The van der Waals surface area contributed by atoms with Gasteiger partial charge in [0, 0.05) is 19.6 Å². The van der Waals surface area contributed by atoms with Gasteiger partial charge < -0.3 is 15.0 Å². The van der Waals surface area contributed by atoms with Crippen LogP contribution >= 0.6 is 0 Å². The maximum atomic E-state index is 11.7. The van der Waals surface area contributed by atoms with Crippen LogP contribution in [-0.2, 0) is 4.74 Å². The van der Waals surface area contributed by atoms with E-state index in [0.717, 1.165) is 13.1 Å². The third-order valence-electron chi connectivity index (χ3n) is 2.04. The van der Waals surface area contributed by atoms with Crippen molar-refractivity contribution in [1.82, 2.24) is 10.2 Å². The number of nitrogens with zero attached hydrogens (tertiary/aromatic N) is 1. The maximum absolute atomic E-state index is 11.7. The third-order valence-corrected chi connectivity index (χ3v) is 2.04. The van der Waals surface area contributed by atoms with Gasteiger partial charge in [0.15, 0.2) is 0 Å². The van der Waals surface area contributed by atoms with E-state index in [-0.39, 0.29) is 12.0 Å². The van der Waals surface area contributed by atoms with Crippen LogP contribution in [0.5, 0.6) is 0 Å². The number of hydrogen-bond donors (Lipinski definition) is 1. The molecule has 0 atom stereocenters. The molecule has 0 fully saturated rings. The van der Waals surface area contributed by atoms with Gasteiger partial charge in [-0.3, -0.25) is 0 Å². The Kier molecular flexibility index (Phi) is 7.04. The van der Waals surface area contributed by atoms with Gasteiger partial charge in [0.2, 0.25) is 0 Å². The third kappa shape index (κ3) is 11.9. The first-order valence-corrected chi connectivity index (χ1v) is 5.62. The van der Waals surface area contributed by atoms with Gasteiger partial charge in [-0.2, -0.15) is 13.2 Å². The molecule has 0 aromatic heterocycles. The average Bonchev–Trinajstić information content (AvgIpc) is 2.06. The summed E-state index contributed by atoms with van der Waals surface area (Å²) in [4.78, 5) is 2.09.